The summed E-state index contributed by atoms with van der Waals surface area (Å²) in [7, 11) is 0. The van der Waals surface area contributed by atoms with E-state index < -0.39 is 17.8 Å². The van der Waals surface area contributed by atoms with E-state index in [2.05, 4.69) is 5.32 Å². The Morgan fingerprint density at radius 1 is 1.14 bits per heavy atom. The lowest BCUT2D eigenvalue weighted by atomic mass is 9.82. The maximum atomic E-state index is 12.5. The van der Waals surface area contributed by atoms with Gasteiger partial charge in [-0.25, -0.2) is 0 Å². The number of fused-ring (bicyclic) bond motifs is 2. The maximum absolute atomic E-state index is 12.5. The molecule has 4 nitrogen and oxygen atoms in total. The topological polar surface area (TPSA) is 66.4 Å². The second kappa shape index (κ2) is 5.35. The third-order valence-corrected chi connectivity index (χ3v) is 4.80. The SMILES string of the molecule is O=C(Nc1cc(Cl)ccc1Cl)[C@@H]1[C@@H](C(=O)O)[C@H]2C=C[C@@H]1C2. The average Bonchev–Trinajstić information content (AvgIpc) is 3.03. The van der Waals surface area contributed by atoms with Gasteiger partial charge in [-0.15, -0.1) is 0 Å². The van der Waals surface area contributed by atoms with Crippen LogP contribution in [0.2, 0.25) is 10.0 Å². The van der Waals surface area contributed by atoms with Crippen molar-refractivity contribution in [2.24, 2.45) is 23.7 Å². The average molecular weight is 326 g/mol. The number of carbonyl (C=O) groups is 2. The van der Waals surface area contributed by atoms with Crippen LogP contribution in [0, 0.1) is 23.7 Å². The number of carboxylic acids is 1. The number of carbonyl (C=O) groups excluding carboxylic acids is 1. The fourth-order valence-electron chi connectivity index (χ4n) is 3.33. The standard InChI is InChI=1S/C15H13Cl2NO3/c16-9-3-4-10(17)11(6-9)18-14(19)12-7-1-2-8(5-7)13(12)15(20)21/h1-4,6-8,12-13H,5H2,(H,18,19)(H,20,21)/t7-,8+,12+,13+/m1/s1. The molecule has 1 saturated carbocycles. The zero-order chi connectivity index (χ0) is 15.1. The number of hydrogen-bond donors (Lipinski definition) is 2. The summed E-state index contributed by atoms with van der Waals surface area (Å²) in [5.74, 6) is -2.55. The van der Waals surface area contributed by atoms with Gasteiger partial charge in [0.25, 0.3) is 0 Å². The largest absolute Gasteiger partial charge is 0.481 e. The highest BCUT2D eigenvalue weighted by Gasteiger charge is 2.51. The van der Waals surface area contributed by atoms with Crippen molar-refractivity contribution < 1.29 is 14.7 Å². The van der Waals surface area contributed by atoms with E-state index in [4.69, 9.17) is 23.2 Å². The van der Waals surface area contributed by atoms with Gasteiger partial charge in [-0.1, -0.05) is 35.4 Å². The number of nitrogens with one attached hydrogen (secondary N) is 1. The summed E-state index contributed by atoms with van der Waals surface area (Å²) in [5.41, 5.74) is 0.407. The van der Waals surface area contributed by atoms with Crippen molar-refractivity contribution in [2.75, 3.05) is 5.32 Å². The second-order valence-corrected chi connectivity index (χ2v) is 6.30. The molecular formula is C15H13Cl2NO3. The van der Waals surface area contributed by atoms with Crippen molar-refractivity contribution in [1.29, 1.82) is 0 Å². The number of rotatable bonds is 3. The maximum Gasteiger partial charge on any atom is 0.307 e. The number of amides is 1. The Morgan fingerprint density at radius 3 is 2.48 bits per heavy atom. The monoisotopic (exact) mass is 325 g/mol. The highest BCUT2D eigenvalue weighted by atomic mass is 35.5. The summed E-state index contributed by atoms with van der Waals surface area (Å²) in [6, 6.07) is 4.77. The Balaban J connectivity index is 1.83. The molecule has 0 aliphatic heterocycles. The van der Waals surface area contributed by atoms with E-state index in [1.807, 2.05) is 12.2 Å². The molecule has 2 N–H and O–H groups in total. The third-order valence-electron chi connectivity index (χ3n) is 4.23. The van der Waals surface area contributed by atoms with E-state index in [0.29, 0.717) is 15.7 Å². The van der Waals surface area contributed by atoms with Gasteiger partial charge < -0.3 is 10.4 Å². The molecule has 0 spiro atoms. The molecule has 110 valence electrons. The zero-order valence-electron chi connectivity index (χ0n) is 10.9. The van der Waals surface area contributed by atoms with Crippen LogP contribution in [-0.4, -0.2) is 17.0 Å². The Kier molecular flexibility index (Phi) is 3.68. The van der Waals surface area contributed by atoms with E-state index in [1.165, 1.54) is 0 Å². The lowest BCUT2D eigenvalue weighted by Gasteiger charge is -2.24. The number of halogens is 2. The van der Waals surface area contributed by atoms with E-state index in [-0.39, 0.29) is 17.7 Å². The smallest absolute Gasteiger partial charge is 0.307 e. The van der Waals surface area contributed by atoms with Gasteiger partial charge in [0.2, 0.25) is 5.91 Å². The van der Waals surface area contributed by atoms with Crippen LogP contribution in [0.4, 0.5) is 5.69 Å². The molecule has 6 heteroatoms. The second-order valence-electron chi connectivity index (χ2n) is 5.45. The first kappa shape index (κ1) is 14.4. The van der Waals surface area contributed by atoms with E-state index in [9.17, 15) is 14.7 Å². The van der Waals surface area contributed by atoms with Crippen molar-refractivity contribution in [3.05, 3.63) is 40.4 Å². The first-order chi connectivity index (χ1) is 9.97. The van der Waals surface area contributed by atoms with Crippen LogP contribution in [0.25, 0.3) is 0 Å². The summed E-state index contributed by atoms with van der Waals surface area (Å²) in [4.78, 5) is 23.9. The van der Waals surface area contributed by atoms with Gasteiger partial charge in [-0.3, -0.25) is 9.59 Å². The van der Waals surface area contributed by atoms with Crippen molar-refractivity contribution in [3.63, 3.8) is 0 Å². The van der Waals surface area contributed by atoms with Gasteiger partial charge >= 0.3 is 5.97 Å². The quantitative estimate of drug-likeness (QED) is 0.836. The van der Waals surface area contributed by atoms with Gasteiger partial charge in [-0.2, -0.15) is 0 Å². The van der Waals surface area contributed by atoms with Crippen molar-refractivity contribution in [2.45, 2.75) is 6.42 Å². The molecule has 0 radical (unpaired) electrons. The minimum absolute atomic E-state index is 0.0194. The molecular weight excluding hydrogens is 313 g/mol. The molecule has 2 bridgehead atoms. The lowest BCUT2D eigenvalue weighted by molar-refractivity contribution is -0.146. The van der Waals surface area contributed by atoms with Crippen molar-refractivity contribution in [3.8, 4) is 0 Å². The summed E-state index contributed by atoms with van der Waals surface area (Å²) in [6.45, 7) is 0. The molecule has 1 aromatic carbocycles. The Bertz CT molecular complexity index is 644. The minimum atomic E-state index is -0.927. The molecule has 0 aromatic heterocycles. The predicted octanol–water partition coefficient (Wildman–Crippen LogP) is 3.45. The molecule has 0 saturated heterocycles. The van der Waals surface area contributed by atoms with Crippen LogP contribution >= 0.6 is 23.2 Å². The Morgan fingerprint density at radius 2 is 1.81 bits per heavy atom. The van der Waals surface area contributed by atoms with Crippen LogP contribution < -0.4 is 5.32 Å². The molecule has 21 heavy (non-hydrogen) atoms. The molecule has 4 atom stereocenters. The first-order valence-corrected chi connectivity index (χ1v) is 7.40. The zero-order valence-corrected chi connectivity index (χ0v) is 12.4. The molecule has 2 aliphatic carbocycles. The molecule has 0 heterocycles. The number of hydrogen-bond acceptors (Lipinski definition) is 2. The highest BCUT2D eigenvalue weighted by Crippen LogP contribution is 2.48. The van der Waals surface area contributed by atoms with Crippen LogP contribution in [0.5, 0.6) is 0 Å². The highest BCUT2D eigenvalue weighted by molar-refractivity contribution is 6.35. The Hall–Kier alpha value is -1.52. The molecule has 0 unspecified atom stereocenters. The first-order valence-electron chi connectivity index (χ1n) is 6.64. The minimum Gasteiger partial charge on any atom is -0.481 e. The summed E-state index contributed by atoms with van der Waals surface area (Å²) in [5, 5.41) is 12.9. The fraction of sp³-hybridized carbons (Fsp3) is 0.333. The molecule has 3 rings (SSSR count). The number of carboxylic acid groups (broad SMARTS) is 1. The lowest BCUT2D eigenvalue weighted by Crippen LogP contribution is -2.36. The van der Waals surface area contributed by atoms with Gasteiger partial charge in [-0.05, 0) is 36.5 Å². The van der Waals surface area contributed by atoms with Crippen molar-refractivity contribution in [1.82, 2.24) is 0 Å². The van der Waals surface area contributed by atoms with Crippen LogP contribution in [0.15, 0.2) is 30.4 Å². The van der Waals surface area contributed by atoms with Crippen LogP contribution in [0.1, 0.15) is 6.42 Å². The normalized spacial score (nSPS) is 29.6. The number of benzene rings is 1. The van der Waals surface area contributed by atoms with Gasteiger partial charge in [0, 0.05) is 5.02 Å². The van der Waals surface area contributed by atoms with Gasteiger partial charge in [0.1, 0.15) is 0 Å². The molecule has 1 aromatic rings. The van der Waals surface area contributed by atoms with E-state index >= 15 is 0 Å². The Labute approximate surface area is 131 Å². The third kappa shape index (κ3) is 2.54. The van der Waals surface area contributed by atoms with Crippen molar-refractivity contribution >= 4 is 40.8 Å². The number of aliphatic carboxylic acids is 1. The predicted molar refractivity (Wildman–Crippen MR) is 80.4 cm³/mol. The number of allylic oxidation sites excluding steroid dienone is 2. The number of anilines is 1. The van der Waals surface area contributed by atoms with Crippen LogP contribution in [-0.2, 0) is 9.59 Å². The fourth-order valence-corrected chi connectivity index (χ4v) is 3.66. The van der Waals surface area contributed by atoms with E-state index in [0.717, 1.165) is 6.42 Å². The molecule has 1 fully saturated rings. The summed E-state index contributed by atoms with van der Waals surface area (Å²) < 4.78 is 0. The molecule has 1 amide bonds. The molecule has 2 aliphatic rings. The summed E-state index contributed by atoms with van der Waals surface area (Å²) >= 11 is 11.9. The van der Waals surface area contributed by atoms with Crippen LogP contribution in [0.3, 0.4) is 0 Å². The summed E-state index contributed by atoms with van der Waals surface area (Å²) in [6.07, 6.45) is 4.56. The van der Waals surface area contributed by atoms with Gasteiger partial charge in [0.05, 0.1) is 22.5 Å². The van der Waals surface area contributed by atoms with E-state index in [1.54, 1.807) is 18.2 Å². The van der Waals surface area contributed by atoms with Gasteiger partial charge in [0.15, 0.2) is 0 Å².